The van der Waals surface area contributed by atoms with Gasteiger partial charge in [0, 0.05) is 5.69 Å². The fraction of sp³-hybridized carbons (Fsp3) is 0.214. The van der Waals surface area contributed by atoms with Crippen molar-refractivity contribution in [3.05, 3.63) is 94.1 Å². The van der Waals surface area contributed by atoms with Gasteiger partial charge in [0.1, 0.15) is 23.1 Å². The monoisotopic (exact) mass is 440 g/mol. The molecule has 0 saturated heterocycles. The van der Waals surface area contributed by atoms with Crippen LogP contribution in [0.2, 0.25) is 0 Å². The van der Waals surface area contributed by atoms with Crippen molar-refractivity contribution in [3.8, 4) is 17.6 Å². The van der Waals surface area contributed by atoms with Crippen LogP contribution in [0, 0.1) is 25.2 Å². The number of carbonyl (C=O) groups excluding carboxylic acids is 1. The van der Waals surface area contributed by atoms with E-state index in [9.17, 15) is 10.1 Å². The Labute approximate surface area is 195 Å². The summed E-state index contributed by atoms with van der Waals surface area (Å²) in [5.74, 6) is 0.986. The topological polar surface area (TPSA) is 71.3 Å². The zero-order valence-corrected chi connectivity index (χ0v) is 19.4. The van der Waals surface area contributed by atoms with Gasteiger partial charge in [-0.05, 0) is 86.4 Å². The highest BCUT2D eigenvalue weighted by Crippen LogP contribution is 2.24. The highest BCUT2D eigenvalue weighted by atomic mass is 16.5. The van der Waals surface area contributed by atoms with E-state index in [0.29, 0.717) is 18.7 Å². The molecule has 5 heteroatoms. The molecular weight excluding hydrogens is 412 g/mol. The van der Waals surface area contributed by atoms with Crippen molar-refractivity contribution in [1.82, 2.24) is 0 Å². The van der Waals surface area contributed by atoms with Crippen LogP contribution in [0.4, 0.5) is 5.69 Å². The average molecular weight is 441 g/mol. The largest absolute Gasteiger partial charge is 0.497 e. The number of amides is 1. The van der Waals surface area contributed by atoms with Crippen LogP contribution in [0.1, 0.15) is 34.7 Å². The Morgan fingerprint density at radius 3 is 2.27 bits per heavy atom. The lowest BCUT2D eigenvalue weighted by atomic mass is 9.96. The van der Waals surface area contributed by atoms with E-state index in [1.165, 1.54) is 11.1 Å². The predicted molar refractivity (Wildman–Crippen MR) is 132 cm³/mol. The molecule has 1 N–H and O–H groups in total. The van der Waals surface area contributed by atoms with Crippen molar-refractivity contribution < 1.29 is 14.3 Å². The smallest absolute Gasteiger partial charge is 0.266 e. The van der Waals surface area contributed by atoms with E-state index in [1.807, 2.05) is 31.2 Å². The van der Waals surface area contributed by atoms with Gasteiger partial charge in [0.2, 0.25) is 0 Å². The molecule has 0 radical (unpaired) electrons. The average Bonchev–Trinajstić information content (AvgIpc) is 2.79. The molecule has 168 valence electrons. The third kappa shape index (κ3) is 6.47. The van der Waals surface area contributed by atoms with Gasteiger partial charge in [0.15, 0.2) is 0 Å². The van der Waals surface area contributed by atoms with Gasteiger partial charge < -0.3 is 14.8 Å². The molecule has 0 spiro atoms. The third-order valence-corrected chi connectivity index (χ3v) is 5.11. The summed E-state index contributed by atoms with van der Waals surface area (Å²) >= 11 is 0. The molecule has 1 amide bonds. The van der Waals surface area contributed by atoms with Gasteiger partial charge in [-0.1, -0.05) is 35.4 Å². The highest BCUT2D eigenvalue weighted by Gasteiger charge is 2.12. The van der Waals surface area contributed by atoms with Crippen molar-refractivity contribution in [2.45, 2.75) is 27.2 Å². The molecule has 3 aromatic carbocycles. The van der Waals surface area contributed by atoms with E-state index >= 15 is 0 Å². The molecule has 0 aromatic heterocycles. The molecule has 3 rings (SSSR count). The van der Waals surface area contributed by atoms with Gasteiger partial charge >= 0.3 is 0 Å². The normalized spacial score (nSPS) is 10.9. The Bertz CT molecular complexity index is 1180. The van der Waals surface area contributed by atoms with E-state index in [4.69, 9.17) is 9.47 Å². The molecule has 5 nitrogen and oxygen atoms in total. The van der Waals surface area contributed by atoms with E-state index in [0.717, 1.165) is 28.2 Å². The van der Waals surface area contributed by atoms with Crippen LogP contribution < -0.4 is 14.8 Å². The Balaban J connectivity index is 1.88. The maximum atomic E-state index is 12.8. The number of hydrogen-bond donors (Lipinski definition) is 1. The maximum absolute atomic E-state index is 12.8. The third-order valence-electron chi connectivity index (χ3n) is 5.11. The first kappa shape index (κ1) is 23.6. The van der Waals surface area contributed by atoms with Crippen LogP contribution in [0.15, 0.2) is 66.2 Å². The number of ether oxygens (including phenoxy) is 2. The molecule has 0 unspecified atom stereocenters. The van der Waals surface area contributed by atoms with Gasteiger partial charge in [-0.2, -0.15) is 5.26 Å². The fourth-order valence-electron chi connectivity index (χ4n) is 3.70. The van der Waals surface area contributed by atoms with Gasteiger partial charge in [-0.25, -0.2) is 0 Å². The summed E-state index contributed by atoms with van der Waals surface area (Å²) in [4.78, 5) is 12.8. The van der Waals surface area contributed by atoms with Gasteiger partial charge in [-0.3, -0.25) is 4.79 Å². The second-order valence-electron chi connectivity index (χ2n) is 7.82. The minimum atomic E-state index is -0.463. The quantitative estimate of drug-likeness (QED) is 0.352. The molecule has 0 aliphatic heterocycles. The lowest BCUT2D eigenvalue weighted by Crippen LogP contribution is -2.13. The summed E-state index contributed by atoms with van der Waals surface area (Å²) < 4.78 is 10.8. The SMILES string of the molecule is CCOc1ccc(NC(=O)/C(C#N)=C/c2ccc(OC)cc2Cc2cc(C)cc(C)c2)cc1. The minimum Gasteiger partial charge on any atom is -0.497 e. The van der Waals surface area contributed by atoms with Crippen molar-refractivity contribution in [3.63, 3.8) is 0 Å². The molecular formula is C28H28N2O3. The summed E-state index contributed by atoms with van der Waals surface area (Å²) in [6.07, 6.45) is 2.28. The first-order chi connectivity index (χ1) is 15.9. The number of benzene rings is 3. The molecule has 0 saturated carbocycles. The van der Waals surface area contributed by atoms with Gasteiger partial charge in [-0.15, -0.1) is 0 Å². The second kappa shape index (κ2) is 11.0. The van der Waals surface area contributed by atoms with Crippen LogP contribution in [0.25, 0.3) is 6.08 Å². The van der Waals surface area contributed by atoms with E-state index in [1.54, 1.807) is 37.5 Å². The lowest BCUT2D eigenvalue weighted by Gasteiger charge is -2.11. The number of methoxy groups -OCH3 is 1. The number of carbonyl (C=O) groups is 1. The van der Waals surface area contributed by atoms with E-state index < -0.39 is 5.91 Å². The Hall–Kier alpha value is -4.04. The maximum Gasteiger partial charge on any atom is 0.266 e. The summed E-state index contributed by atoms with van der Waals surface area (Å²) in [5, 5.41) is 12.5. The number of aryl methyl sites for hydroxylation is 2. The van der Waals surface area contributed by atoms with Crippen molar-refractivity contribution in [1.29, 1.82) is 5.26 Å². The zero-order valence-electron chi connectivity index (χ0n) is 19.4. The second-order valence-corrected chi connectivity index (χ2v) is 7.82. The number of nitriles is 1. The van der Waals surface area contributed by atoms with Gasteiger partial charge in [0.25, 0.3) is 5.91 Å². The molecule has 0 fully saturated rings. The number of nitrogens with one attached hydrogen (secondary N) is 1. The Morgan fingerprint density at radius 1 is 1.00 bits per heavy atom. The van der Waals surface area contributed by atoms with E-state index in [-0.39, 0.29) is 5.57 Å². The molecule has 0 heterocycles. The Morgan fingerprint density at radius 2 is 1.67 bits per heavy atom. The van der Waals surface area contributed by atoms with Crippen LogP contribution in [-0.2, 0) is 11.2 Å². The Kier molecular flexibility index (Phi) is 7.88. The summed E-state index contributed by atoms with van der Waals surface area (Å²) in [7, 11) is 1.62. The summed E-state index contributed by atoms with van der Waals surface area (Å²) in [5.41, 5.74) is 5.93. The molecule has 33 heavy (non-hydrogen) atoms. The number of rotatable bonds is 8. The van der Waals surface area contributed by atoms with Crippen molar-refractivity contribution in [2.24, 2.45) is 0 Å². The first-order valence-corrected chi connectivity index (χ1v) is 10.8. The molecule has 0 bridgehead atoms. The molecule has 0 atom stereocenters. The van der Waals surface area contributed by atoms with Crippen LogP contribution in [-0.4, -0.2) is 19.6 Å². The van der Waals surface area contributed by atoms with Crippen molar-refractivity contribution in [2.75, 3.05) is 19.0 Å². The lowest BCUT2D eigenvalue weighted by molar-refractivity contribution is -0.112. The van der Waals surface area contributed by atoms with Crippen LogP contribution in [0.5, 0.6) is 11.5 Å². The first-order valence-electron chi connectivity index (χ1n) is 10.8. The van der Waals surface area contributed by atoms with Crippen molar-refractivity contribution >= 4 is 17.7 Å². The predicted octanol–water partition coefficient (Wildman–Crippen LogP) is 5.85. The number of hydrogen-bond acceptors (Lipinski definition) is 4. The van der Waals surface area contributed by atoms with Crippen LogP contribution >= 0.6 is 0 Å². The molecule has 0 aliphatic rings. The minimum absolute atomic E-state index is 0.0238. The van der Waals surface area contributed by atoms with Gasteiger partial charge in [0.05, 0.1) is 13.7 Å². The summed E-state index contributed by atoms with van der Waals surface area (Å²) in [6, 6.07) is 21.2. The summed E-state index contributed by atoms with van der Waals surface area (Å²) in [6.45, 7) is 6.62. The molecule has 3 aromatic rings. The fourth-order valence-corrected chi connectivity index (χ4v) is 3.70. The van der Waals surface area contributed by atoms with Crippen LogP contribution in [0.3, 0.4) is 0 Å². The zero-order chi connectivity index (χ0) is 23.8. The molecule has 0 aliphatic carbocycles. The number of nitrogens with zero attached hydrogens (tertiary/aromatic N) is 1. The number of anilines is 1. The van der Waals surface area contributed by atoms with E-state index in [2.05, 4.69) is 37.4 Å². The standard InChI is InChI=1S/C28H28N2O3/c1-5-33-26-10-7-25(8-11-26)30-28(31)24(18-29)16-22-6-9-27(32-4)17-23(22)15-21-13-19(2)12-20(3)14-21/h6-14,16-17H,5,15H2,1-4H3,(H,30,31)/b24-16+. The highest BCUT2D eigenvalue weighted by molar-refractivity contribution is 6.09.